The standard InChI is InChI=1S/C20H24N2O3/c1-3-12-11-22-7-6-13(12)8-18(22)20(24)16-10-19(23)21-17-5-4-14(25-2)9-15(16)17/h3-5,9-10,12-13,18,20,24H,1,6-8,11H2,2H3,(H,21,23). The van der Waals surface area contributed by atoms with Gasteiger partial charge in [-0.15, -0.1) is 6.58 Å². The molecule has 1 aromatic heterocycles. The minimum atomic E-state index is -0.689. The molecular weight excluding hydrogens is 316 g/mol. The average molecular weight is 340 g/mol. The molecule has 2 N–H and O–H groups in total. The molecule has 132 valence electrons. The van der Waals surface area contributed by atoms with E-state index in [0.717, 1.165) is 36.8 Å². The number of fused-ring (bicyclic) bond motifs is 4. The zero-order valence-corrected chi connectivity index (χ0v) is 14.4. The molecule has 5 rings (SSSR count). The van der Waals surface area contributed by atoms with Gasteiger partial charge in [0.05, 0.1) is 13.2 Å². The lowest BCUT2D eigenvalue weighted by Crippen LogP contribution is -2.54. The van der Waals surface area contributed by atoms with Crippen molar-refractivity contribution < 1.29 is 9.84 Å². The van der Waals surface area contributed by atoms with Gasteiger partial charge in [-0.25, -0.2) is 0 Å². The number of rotatable bonds is 4. The minimum Gasteiger partial charge on any atom is -0.497 e. The van der Waals surface area contributed by atoms with Crippen molar-refractivity contribution in [2.24, 2.45) is 11.8 Å². The number of aliphatic hydroxyl groups is 1. The Bertz CT molecular complexity index is 860. The summed E-state index contributed by atoms with van der Waals surface area (Å²) in [4.78, 5) is 17.3. The molecule has 2 aromatic rings. The number of aromatic nitrogens is 1. The molecule has 3 aliphatic rings. The van der Waals surface area contributed by atoms with Gasteiger partial charge in [-0.1, -0.05) is 6.08 Å². The second-order valence-electron chi connectivity index (χ2n) is 7.19. The molecule has 0 spiro atoms. The highest BCUT2D eigenvalue weighted by atomic mass is 16.5. The normalized spacial score (nSPS) is 29.5. The van der Waals surface area contributed by atoms with Crippen molar-refractivity contribution in [1.82, 2.24) is 9.88 Å². The number of nitrogens with zero attached hydrogens (tertiary/aromatic N) is 1. The lowest BCUT2D eigenvalue weighted by molar-refractivity contribution is -0.0445. The van der Waals surface area contributed by atoms with Crippen molar-refractivity contribution in [3.63, 3.8) is 0 Å². The van der Waals surface area contributed by atoms with Crippen LogP contribution in [0.5, 0.6) is 5.75 Å². The van der Waals surface area contributed by atoms with Crippen molar-refractivity contribution in [2.75, 3.05) is 20.2 Å². The van der Waals surface area contributed by atoms with Crippen LogP contribution >= 0.6 is 0 Å². The van der Waals surface area contributed by atoms with Crippen molar-refractivity contribution in [3.05, 3.63) is 52.8 Å². The molecule has 0 amide bonds. The van der Waals surface area contributed by atoms with Crippen molar-refractivity contribution in [2.45, 2.75) is 25.0 Å². The summed E-state index contributed by atoms with van der Waals surface area (Å²) in [6, 6.07) is 7.10. The van der Waals surface area contributed by atoms with Crippen LogP contribution in [-0.4, -0.2) is 41.2 Å². The molecule has 5 nitrogen and oxygen atoms in total. The summed E-state index contributed by atoms with van der Waals surface area (Å²) in [5.74, 6) is 1.79. The highest BCUT2D eigenvalue weighted by Gasteiger charge is 2.42. The number of nitrogens with one attached hydrogen (secondary N) is 1. The number of benzene rings is 1. The van der Waals surface area contributed by atoms with Gasteiger partial charge in [-0.3, -0.25) is 9.69 Å². The van der Waals surface area contributed by atoms with Crippen LogP contribution in [-0.2, 0) is 0 Å². The number of aromatic amines is 1. The molecule has 5 atom stereocenters. The molecule has 0 radical (unpaired) electrons. The molecule has 25 heavy (non-hydrogen) atoms. The van der Waals surface area contributed by atoms with Crippen LogP contribution in [0.4, 0.5) is 0 Å². The van der Waals surface area contributed by atoms with Crippen LogP contribution in [0.2, 0.25) is 0 Å². The molecule has 1 aromatic carbocycles. The quantitative estimate of drug-likeness (QED) is 0.839. The van der Waals surface area contributed by atoms with E-state index in [1.54, 1.807) is 7.11 Å². The van der Waals surface area contributed by atoms with E-state index < -0.39 is 6.10 Å². The van der Waals surface area contributed by atoms with Gasteiger partial charge < -0.3 is 14.8 Å². The molecule has 0 aliphatic carbocycles. The summed E-state index contributed by atoms with van der Waals surface area (Å²) in [6.07, 6.45) is 3.46. The van der Waals surface area contributed by atoms with E-state index in [9.17, 15) is 9.90 Å². The Balaban J connectivity index is 1.74. The van der Waals surface area contributed by atoms with E-state index in [4.69, 9.17) is 4.74 Å². The van der Waals surface area contributed by atoms with E-state index in [1.165, 1.54) is 6.07 Å². The van der Waals surface area contributed by atoms with Crippen LogP contribution in [0.3, 0.4) is 0 Å². The monoisotopic (exact) mass is 340 g/mol. The number of hydrogen-bond acceptors (Lipinski definition) is 4. The third-order valence-electron chi connectivity index (χ3n) is 5.92. The van der Waals surface area contributed by atoms with E-state index >= 15 is 0 Å². The van der Waals surface area contributed by atoms with Gasteiger partial charge in [0, 0.05) is 29.6 Å². The van der Waals surface area contributed by atoms with Gasteiger partial charge in [0.25, 0.3) is 0 Å². The zero-order chi connectivity index (χ0) is 17.6. The SMILES string of the molecule is C=CC1CN2CCC1CC2C(O)c1cc(=O)[nH]c2ccc(OC)cc12. The molecule has 3 fully saturated rings. The maximum absolute atomic E-state index is 12.1. The number of hydrogen-bond donors (Lipinski definition) is 2. The number of aliphatic hydroxyl groups excluding tert-OH is 1. The Kier molecular flexibility index (Phi) is 4.13. The summed E-state index contributed by atoms with van der Waals surface area (Å²) in [5.41, 5.74) is 1.22. The Morgan fingerprint density at radius 3 is 2.96 bits per heavy atom. The summed E-state index contributed by atoms with van der Waals surface area (Å²) in [7, 11) is 1.62. The first kappa shape index (κ1) is 16.4. The average Bonchev–Trinajstić information content (AvgIpc) is 2.66. The van der Waals surface area contributed by atoms with Crippen LogP contribution in [0.15, 0.2) is 41.7 Å². The first-order chi connectivity index (χ1) is 12.1. The summed E-state index contributed by atoms with van der Waals surface area (Å²) < 4.78 is 5.32. The van der Waals surface area contributed by atoms with Gasteiger partial charge in [-0.2, -0.15) is 0 Å². The number of pyridine rings is 1. The van der Waals surface area contributed by atoms with Crippen molar-refractivity contribution >= 4 is 10.9 Å². The highest BCUT2D eigenvalue weighted by molar-refractivity contribution is 5.83. The first-order valence-electron chi connectivity index (χ1n) is 8.86. The van der Waals surface area contributed by atoms with E-state index in [-0.39, 0.29) is 11.6 Å². The largest absolute Gasteiger partial charge is 0.497 e. The number of methoxy groups -OCH3 is 1. The third kappa shape index (κ3) is 2.77. The van der Waals surface area contributed by atoms with Crippen molar-refractivity contribution in [1.29, 1.82) is 0 Å². The van der Waals surface area contributed by atoms with Crippen LogP contribution < -0.4 is 10.3 Å². The molecule has 5 heteroatoms. The lowest BCUT2D eigenvalue weighted by atomic mass is 9.73. The fourth-order valence-electron chi connectivity index (χ4n) is 4.54. The lowest BCUT2D eigenvalue weighted by Gasteiger charge is -2.50. The molecule has 2 bridgehead atoms. The van der Waals surface area contributed by atoms with Crippen LogP contribution in [0.1, 0.15) is 24.5 Å². The predicted molar refractivity (Wildman–Crippen MR) is 97.9 cm³/mol. The van der Waals surface area contributed by atoms with Gasteiger partial charge in [0.15, 0.2) is 0 Å². The minimum absolute atomic E-state index is 0.0474. The maximum atomic E-state index is 12.1. The predicted octanol–water partition coefficient (Wildman–Crippen LogP) is 2.47. The zero-order valence-electron chi connectivity index (χ0n) is 14.4. The van der Waals surface area contributed by atoms with Crippen molar-refractivity contribution in [3.8, 4) is 5.75 Å². The second-order valence-corrected chi connectivity index (χ2v) is 7.19. The van der Waals surface area contributed by atoms with Gasteiger partial charge >= 0.3 is 0 Å². The highest BCUT2D eigenvalue weighted by Crippen LogP contribution is 2.42. The van der Waals surface area contributed by atoms with Crippen LogP contribution in [0, 0.1) is 11.8 Å². The van der Waals surface area contributed by atoms with Crippen LogP contribution in [0.25, 0.3) is 10.9 Å². The Labute approximate surface area is 146 Å². The molecule has 3 aliphatic heterocycles. The summed E-state index contributed by atoms with van der Waals surface area (Å²) in [6.45, 7) is 5.90. The topological polar surface area (TPSA) is 65.6 Å². The van der Waals surface area contributed by atoms with Gasteiger partial charge in [0.2, 0.25) is 5.56 Å². The molecule has 4 heterocycles. The Morgan fingerprint density at radius 2 is 2.28 bits per heavy atom. The summed E-state index contributed by atoms with van der Waals surface area (Å²) >= 11 is 0. The molecule has 3 saturated heterocycles. The summed E-state index contributed by atoms with van der Waals surface area (Å²) in [5, 5.41) is 12.0. The fraction of sp³-hybridized carbons (Fsp3) is 0.450. The van der Waals surface area contributed by atoms with E-state index in [1.807, 2.05) is 24.3 Å². The van der Waals surface area contributed by atoms with E-state index in [0.29, 0.717) is 23.1 Å². The number of ether oxygens (including phenoxy) is 1. The third-order valence-corrected chi connectivity index (χ3v) is 5.92. The molecule has 5 unspecified atom stereocenters. The number of piperidine rings is 3. The second kappa shape index (κ2) is 6.32. The first-order valence-corrected chi connectivity index (χ1v) is 8.86. The maximum Gasteiger partial charge on any atom is 0.248 e. The van der Waals surface area contributed by atoms with Gasteiger partial charge in [0.1, 0.15) is 5.75 Å². The molecular formula is C20H24N2O3. The Morgan fingerprint density at radius 1 is 1.44 bits per heavy atom. The number of H-pyrrole nitrogens is 1. The molecule has 0 saturated carbocycles. The Hall–Kier alpha value is -2.11. The fourth-order valence-corrected chi connectivity index (χ4v) is 4.54. The van der Waals surface area contributed by atoms with E-state index in [2.05, 4.69) is 16.5 Å². The smallest absolute Gasteiger partial charge is 0.248 e. The van der Waals surface area contributed by atoms with Gasteiger partial charge in [-0.05, 0) is 55.0 Å².